The van der Waals surface area contributed by atoms with E-state index in [9.17, 15) is 4.79 Å². The highest BCUT2D eigenvalue weighted by atomic mass is 16.3. The molecule has 2 rings (SSSR count). The van der Waals surface area contributed by atoms with Crippen molar-refractivity contribution in [2.24, 2.45) is 5.73 Å². The molecule has 0 bridgehead atoms. The van der Waals surface area contributed by atoms with Crippen molar-refractivity contribution in [1.29, 1.82) is 0 Å². The van der Waals surface area contributed by atoms with Crippen LogP contribution in [0.5, 0.6) is 5.75 Å². The van der Waals surface area contributed by atoms with Gasteiger partial charge in [0.2, 0.25) is 5.91 Å². The van der Waals surface area contributed by atoms with Gasteiger partial charge in [0.1, 0.15) is 5.75 Å². The van der Waals surface area contributed by atoms with Crippen LogP contribution in [0.4, 0.5) is 0 Å². The fourth-order valence-electron chi connectivity index (χ4n) is 2.45. The molecule has 0 aromatic heterocycles. The highest BCUT2D eigenvalue weighted by Crippen LogP contribution is 2.29. The van der Waals surface area contributed by atoms with Gasteiger partial charge < -0.3 is 16.2 Å². The Morgan fingerprint density at radius 3 is 2.50 bits per heavy atom. The molecule has 1 aromatic rings. The molecule has 4 N–H and O–H groups in total. The fraction of sp³-hybridized carbons (Fsp3) is 0.500. The third-order valence-electron chi connectivity index (χ3n) is 3.54. The van der Waals surface area contributed by atoms with Crippen LogP contribution in [0.25, 0.3) is 0 Å². The van der Waals surface area contributed by atoms with Crippen LogP contribution >= 0.6 is 0 Å². The Kier molecular flexibility index (Phi) is 3.87. The summed E-state index contributed by atoms with van der Waals surface area (Å²) in [6.45, 7) is 0.481. The van der Waals surface area contributed by atoms with E-state index < -0.39 is 0 Å². The third kappa shape index (κ3) is 3.47. The predicted molar refractivity (Wildman–Crippen MR) is 70.0 cm³/mol. The van der Waals surface area contributed by atoms with Crippen LogP contribution in [0.2, 0.25) is 0 Å². The second-order valence-corrected chi connectivity index (χ2v) is 5.19. The Hall–Kier alpha value is -1.55. The molecule has 0 saturated heterocycles. The van der Waals surface area contributed by atoms with Crippen molar-refractivity contribution in [3.8, 4) is 5.75 Å². The van der Waals surface area contributed by atoms with Gasteiger partial charge in [-0.15, -0.1) is 0 Å². The maximum atomic E-state index is 11.8. The molecule has 1 amide bonds. The minimum absolute atomic E-state index is 0.00692. The van der Waals surface area contributed by atoms with E-state index in [1.165, 1.54) is 0 Å². The second-order valence-electron chi connectivity index (χ2n) is 5.19. The molecule has 1 aliphatic carbocycles. The van der Waals surface area contributed by atoms with E-state index in [2.05, 4.69) is 5.32 Å². The Labute approximate surface area is 107 Å². The Morgan fingerprint density at radius 1 is 1.28 bits per heavy atom. The van der Waals surface area contributed by atoms with Gasteiger partial charge >= 0.3 is 0 Å². The first-order valence-corrected chi connectivity index (χ1v) is 6.41. The topological polar surface area (TPSA) is 75.4 Å². The molecule has 4 heteroatoms. The number of phenols is 1. The van der Waals surface area contributed by atoms with Gasteiger partial charge in [-0.25, -0.2) is 0 Å². The monoisotopic (exact) mass is 248 g/mol. The number of amides is 1. The molecule has 1 aliphatic rings. The minimum atomic E-state index is -0.293. The summed E-state index contributed by atoms with van der Waals surface area (Å²) in [7, 11) is 0. The lowest BCUT2D eigenvalue weighted by Gasteiger charge is -2.22. The summed E-state index contributed by atoms with van der Waals surface area (Å²) >= 11 is 0. The number of phenolic OH excluding ortho intramolecular Hbond substituents is 1. The molecule has 4 nitrogen and oxygen atoms in total. The molecule has 0 radical (unpaired) electrons. The number of benzene rings is 1. The summed E-state index contributed by atoms with van der Waals surface area (Å²) in [5.74, 6) is 0.240. The molecule has 1 fully saturated rings. The lowest BCUT2D eigenvalue weighted by atomic mass is 9.94. The van der Waals surface area contributed by atoms with Crippen LogP contribution in [0.15, 0.2) is 24.3 Å². The van der Waals surface area contributed by atoms with Gasteiger partial charge in [-0.2, -0.15) is 0 Å². The van der Waals surface area contributed by atoms with Crippen LogP contribution in [-0.4, -0.2) is 16.6 Å². The summed E-state index contributed by atoms with van der Waals surface area (Å²) in [4.78, 5) is 11.8. The van der Waals surface area contributed by atoms with E-state index in [1.807, 2.05) is 0 Å². The van der Waals surface area contributed by atoms with Crippen molar-refractivity contribution in [2.45, 2.75) is 44.2 Å². The zero-order valence-corrected chi connectivity index (χ0v) is 10.5. The number of aromatic hydroxyl groups is 1. The summed E-state index contributed by atoms with van der Waals surface area (Å²) < 4.78 is 0. The number of carbonyl (C=O) groups is 1. The zero-order valence-electron chi connectivity index (χ0n) is 10.5. The largest absolute Gasteiger partial charge is 0.508 e. The average molecular weight is 248 g/mol. The first-order chi connectivity index (χ1) is 8.57. The highest BCUT2D eigenvalue weighted by Gasteiger charge is 2.31. The molecule has 0 spiro atoms. The van der Waals surface area contributed by atoms with Gasteiger partial charge in [0, 0.05) is 18.5 Å². The van der Waals surface area contributed by atoms with Gasteiger partial charge in [-0.05, 0) is 30.5 Å². The van der Waals surface area contributed by atoms with E-state index in [1.54, 1.807) is 24.3 Å². The Bertz CT molecular complexity index is 408. The lowest BCUT2D eigenvalue weighted by molar-refractivity contribution is -0.122. The quantitative estimate of drug-likeness (QED) is 0.758. The smallest absolute Gasteiger partial charge is 0.222 e. The van der Waals surface area contributed by atoms with Crippen molar-refractivity contribution < 1.29 is 9.90 Å². The lowest BCUT2D eigenvalue weighted by Crippen LogP contribution is -2.41. The number of nitrogens with one attached hydrogen (secondary N) is 1. The van der Waals surface area contributed by atoms with Crippen LogP contribution in [-0.2, 0) is 11.3 Å². The standard InChI is InChI=1S/C14H20N2O2/c15-14(7-1-2-8-14)9-13(18)16-10-11-3-5-12(17)6-4-11/h3-6,17H,1-2,7-10,15H2,(H,16,18). The minimum Gasteiger partial charge on any atom is -0.508 e. The Morgan fingerprint density at radius 2 is 1.89 bits per heavy atom. The maximum Gasteiger partial charge on any atom is 0.222 e. The number of rotatable bonds is 4. The average Bonchev–Trinajstić information content (AvgIpc) is 2.75. The van der Waals surface area contributed by atoms with E-state index >= 15 is 0 Å². The molecule has 0 atom stereocenters. The molecule has 0 unspecified atom stereocenters. The second kappa shape index (κ2) is 5.40. The van der Waals surface area contributed by atoms with Crippen molar-refractivity contribution in [3.63, 3.8) is 0 Å². The Balaban J connectivity index is 1.79. The summed E-state index contributed by atoms with van der Waals surface area (Å²) in [6.07, 6.45) is 4.55. The van der Waals surface area contributed by atoms with E-state index in [0.717, 1.165) is 31.2 Å². The summed E-state index contributed by atoms with van der Waals surface area (Å²) in [5, 5.41) is 12.0. The first kappa shape index (κ1) is 12.9. The zero-order chi connectivity index (χ0) is 13.0. The third-order valence-corrected chi connectivity index (χ3v) is 3.54. The fourth-order valence-corrected chi connectivity index (χ4v) is 2.45. The SMILES string of the molecule is NC1(CC(=O)NCc2ccc(O)cc2)CCCC1. The van der Waals surface area contributed by atoms with Crippen molar-refractivity contribution in [2.75, 3.05) is 0 Å². The van der Waals surface area contributed by atoms with Gasteiger partial charge in [-0.1, -0.05) is 25.0 Å². The molecule has 0 aliphatic heterocycles. The molecule has 1 saturated carbocycles. The van der Waals surface area contributed by atoms with Crippen LogP contribution in [0, 0.1) is 0 Å². The normalized spacial score (nSPS) is 17.6. The molecule has 0 heterocycles. The van der Waals surface area contributed by atoms with Crippen LogP contribution < -0.4 is 11.1 Å². The number of carbonyl (C=O) groups excluding carboxylic acids is 1. The van der Waals surface area contributed by atoms with Crippen molar-refractivity contribution in [3.05, 3.63) is 29.8 Å². The van der Waals surface area contributed by atoms with Gasteiger partial charge in [0.05, 0.1) is 0 Å². The van der Waals surface area contributed by atoms with Crippen molar-refractivity contribution >= 4 is 5.91 Å². The molecule has 1 aromatic carbocycles. The van der Waals surface area contributed by atoms with E-state index in [0.29, 0.717) is 13.0 Å². The summed E-state index contributed by atoms with van der Waals surface area (Å²) in [5.41, 5.74) is 6.83. The van der Waals surface area contributed by atoms with Gasteiger partial charge in [-0.3, -0.25) is 4.79 Å². The number of hydrogen-bond donors (Lipinski definition) is 3. The molecular weight excluding hydrogens is 228 g/mol. The van der Waals surface area contributed by atoms with Crippen LogP contribution in [0.3, 0.4) is 0 Å². The number of hydrogen-bond acceptors (Lipinski definition) is 3. The van der Waals surface area contributed by atoms with E-state index in [4.69, 9.17) is 10.8 Å². The van der Waals surface area contributed by atoms with Gasteiger partial charge in [0.25, 0.3) is 0 Å². The molecule has 18 heavy (non-hydrogen) atoms. The van der Waals surface area contributed by atoms with E-state index in [-0.39, 0.29) is 17.2 Å². The molecule has 98 valence electrons. The van der Waals surface area contributed by atoms with Crippen LogP contribution in [0.1, 0.15) is 37.7 Å². The predicted octanol–water partition coefficient (Wildman–Crippen LogP) is 1.67. The van der Waals surface area contributed by atoms with Gasteiger partial charge in [0.15, 0.2) is 0 Å². The maximum absolute atomic E-state index is 11.8. The highest BCUT2D eigenvalue weighted by molar-refractivity contribution is 5.77. The molecular formula is C14H20N2O2. The summed E-state index contributed by atoms with van der Waals surface area (Å²) in [6, 6.07) is 6.82. The number of nitrogens with two attached hydrogens (primary N) is 1. The van der Waals surface area contributed by atoms with Crippen molar-refractivity contribution in [1.82, 2.24) is 5.32 Å². The first-order valence-electron chi connectivity index (χ1n) is 6.41.